The molecule has 1 aromatic heterocycles. The summed E-state index contributed by atoms with van der Waals surface area (Å²) in [4.78, 5) is 22.1. The molecule has 8 heteroatoms. The van der Waals surface area contributed by atoms with Crippen LogP contribution in [0.5, 0.6) is 0 Å². The van der Waals surface area contributed by atoms with Gasteiger partial charge >= 0.3 is 0 Å². The monoisotopic (exact) mass is 289 g/mol. The minimum Gasteiger partial charge on any atom is -0.393 e. The number of rotatable bonds is 5. The van der Waals surface area contributed by atoms with Gasteiger partial charge in [-0.1, -0.05) is 0 Å². The molecule has 0 atom stereocenters. The number of nitrogens with one attached hydrogen (secondary N) is 1. The van der Waals surface area contributed by atoms with Crippen LogP contribution in [0.3, 0.4) is 0 Å². The van der Waals surface area contributed by atoms with Crippen molar-refractivity contribution in [1.29, 1.82) is 0 Å². The molecule has 0 spiro atoms. The molecule has 3 N–H and O–H groups in total. The predicted molar refractivity (Wildman–Crippen MR) is 76.8 cm³/mol. The summed E-state index contributed by atoms with van der Waals surface area (Å²) in [5.41, 5.74) is 6.31. The van der Waals surface area contributed by atoms with Crippen LogP contribution in [0.2, 0.25) is 0 Å². The number of anilines is 1. The van der Waals surface area contributed by atoms with Gasteiger partial charge in [0.05, 0.1) is 10.6 Å². The molecule has 21 heavy (non-hydrogen) atoms. The third kappa shape index (κ3) is 3.56. The van der Waals surface area contributed by atoms with Crippen LogP contribution in [-0.4, -0.2) is 27.2 Å². The maximum atomic E-state index is 11.9. The molecule has 0 aliphatic carbocycles. The van der Waals surface area contributed by atoms with Crippen LogP contribution in [-0.2, 0) is 13.5 Å². The Kier molecular flexibility index (Phi) is 4.17. The van der Waals surface area contributed by atoms with E-state index in [0.29, 0.717) is 13.0 Å². The standard InChI is InChI=1S/C13H15N5O3/c1-17-7-5-10(16-17)4-6-15-13(19)9-2-3-11(14)12(8-9)18(20)21/h2-3,5,7-8H,4,6,14H2,1H3,(H,15,19). The Morgan fingerprint density at radius 2 is 2.24 bits per heavy atom. The molecule has 0 fully saturated rings. The van der Waals surface area contributed by atoms with Crippen molar-refractivity contribution in [3.8, 4) is 0 Å². The third-order valence-corrected chi connectivity index (χ3v) is 2.92. The average Bonchev–Trinajstić information content (AvgIpc) is 2.84. The Bertz CT molecular complexity index is 680. The summed E-state index contributed by atoms with van der Waals surface area (Å²) in [6.45, 7) is 0.397. The molecule has 110 valence electrons. The lowest BCUT2D eigenvalue weighted by Gasteiger charge is -2.05. The molecule has 8 nitrogen and oxygen atoms in total. The van der Waals surface area contributed by atoms with Gasteiger partial charge in [-0.3, -0.25) is 19.6 Å². The number of nitro groups is 1. The second-order valence-electron chi connectivity index (χ2n) is 4.52. The normalized spacial score (nSPS) is 10.3. The number of hydrogen-bond acceptors (Lipinski definition) is 5. The van der Waals surface area contributed by atoms with Crippen LogP contribution in [0.1, 0.15) is 16.1 Å². The van der Waals surface area contributed by atoms with Gasteiger partial charge in [0.2, 0.25) is 0 Å². The fraction of sp³-hybridized carbons (Fsp3) is 0.231. The van der Waals surface area contributed by atoms with E-state index in [1.165, 1.54) is 18.2 Å². The molecule has 0 radical (unpaired) electrons. The van der Waals surface area contributed by atoms with E-state index >= 15 is 0 Å². The van der Waals surface area contributed by atoms with E-state index in [0.717, 1.165) is 5.69 Å². The number of carbonyl (C=O) groups is 1. The minimum absolute atomic E-state index is 0.0324. The zero-order valence-corrected chi connectivity index (χ0v) is 11.4. The van der Waals surface area contributed by atoms with Crippen molar-refractivity contribution >= 4 is 17.3 Å². The van der Waals surface area contributed by atoms with Gasteiger partial charge in [0.15, 0.2) is 0 Å². The number of aromatic nitrogens is 2. The Labute approximate surface area is 120 Å². The molecule has 0 saturated carbocycles. The second kappa shape index (κ2) is 6.04. The smallest absolute Gasteiger partial charge is 0.292 e. The van der Waals surface area contributed by atoms with E-state index in [2.05, 4.69) is 10.4 Å². The number of hydrogen-bond donors (Lipinski definition) is 2. The number of nitrogens with zero attached hydrogens (tertiary/aromatic N) is 3. The first-order valence-corrected chi connectivity index (χ1v) is 6.28. The third-order valence-electron chi connectivity index (χ3n) is 2.92. The highest BCUT2D eigenvalue weighted by molar-refractivity contribution is 5.95. The Hall–Kier alpha value is -2.90. The summed E-state index contributed by atoms with van der Waals surface area (Å²) in [7, 11) is 1.82. The maximum absolute atomic E-state index is 11.9. The fourth-order valence-corrected chi connectivity index (χ4v) is 1.85. The zero-order chi connectivity index (χ0) is 15.4. The van der Waals surface area contributed by atoms with Gasteiger partial charge in [0.25, 0.3) is 11.6 Å². The lowest BCUT2D eigenvalue weighted by molar-refractivity contribution is -0.383. The first-order chi connectivity index (χ1) is 9.97. The van der Waals surface area contributed by atoms with Gasteiger partial charge in [-0.05, 0) is 18.2 Å². The molecule has 1 aromatic carbocycles. The Morgan fingerprint density at radius 1 is 1.48 bits per heavy atom. The lowest BCUT2D eigenvalue weighted by Crippen LogP contribution is -2.25. The molecule has 1 amide bonds. The van der Waals surface area contributed by atoms with Crippen LogP contribution in [0.4, 0.5) is 11.4 Å². The number of carbonyl (C=O) groups excluding carboxylic acids is 1. The van der Waals surface area contributed by atoms with Crippen molar-refractivity contribution in [2.75, 3.05) is 12.3 Å². The molecule has 0 saturated heterocycles. The summed E-state index contributed by atoms with van der Waals surface area (Å²) >= 11 is 0. The molecule has 0 bridgehead atoms. The van der Waals surface area contributed by atoms with Gasteiger partial charge in [-0.15, -0.1) is 0 Å². The SMILES string of the molecule is Cn1ccc(CCNC(=O)c2ccc(N)c([N+](=O)[O-])c2)n1. The van der Waals surface area contributed by atoms with E-state index < -0.39 is 4.92 Å². The van der Waals surface area contributed by atoms with Gasteiger partial charge < -0.3 is 11.1 Å². The number of nitrogen functional groups attached to an aromatic ring is 1. The molecule has 2 aromatic rings. The van der Waals surface area contributed by atoms with E-state index in [1.807, 2.05) is 19.3 Å². The largest absolute Gasteiger partial charge is 0.393 e. The predicted octanol–water partition coefficient (Wildman–Crippen LogP) is 0.883. The first-order valence-electron chi connectivity index (χ1n) is 6.28. The van der Waals surface area contributed by atoms with E-state index in [-0.39, 0.29) is 22.8 Å². The second-order valence-corrected chi connectivity index (χ2v) is 4.52. The maximum Gasteiger partial charge on any atom is 0.292 e. The molecule has 0 aliphatic heterocycles. The molecular formula is C13H15N5O3. The molecule has 0 aliphatic rings. The van der Waals surface area contributed by atoms with E-state index in [1.54, 1.807) is 4.68 Å². The van der Waals surface area contributed by atoms with Crippen LogP contribution >= 0.6 is 0 Å². The van der Waals surface area contributed by atoms with Gasteiger partial charge in [-0.25, -0.2) is 0 Å². The van der Waals surface area contributed by atoms with Crippen molar-refractivity contribution in [3.63, 3.8) is 0 Å². The molecular weight excluding hydrogens is 274 g/mol. The van der Waals surface area contributed by atoms with Crippen LogP contribution in [0, 0.1) is 10.1 Å². The number of aryl methyl sites for hydroxylation is 1. The highest BCUT2D eigenvalue weighted by atomic mass is 16.6. The van der Waals surface area contributed by atoms with Crippen LogP contribution in [0.15, 0.2) is 30.5 Å². The van der Waals surface area contributed by atoms with Gasteiger partial charge in [-0.2, -0.15) is 5.10 Å². The number of nitro benzene ring substituents is 1. The van der Waals surface area contributed by atoms with Crippen molar-refractivity contribution in [1.82, 2.24) is 15.1 Å². The van der Waals surface area contributed by atoms with E-state index in [4.69, 9.17) is 5.73 Å². The topological polar surface area (TPSA) is 116 Å². The van der Waals surface area contributed by atoms with Crippen molar-refractivity contribution < 1.29 is 9.72 Å². The van der Waals surface area contributed by atoms with Gasteiger partial charge in [0, 0.05) is 37.8 Å². The zero-order valence-electron chi connectivity index (χ0n) is 11.4. The number of amides is 1. The summed E-state index contributed by atoms with van der Waals surface area (Å²) in [6.07, 6.45) is 2.41. The summed E-state index contributed by atoms with van der Waals surface area (Å²) in [5.74, 6) is -0.381. The minimum atomic E-state index is -0.611. The highest BCUT2D eigenvalue weighted by Gasteiger charge is 2.15. The fourth-order valence-electron chi connectivity index (χ4n) is 1.85. The summed E-state index contributed by atoms with van der Waals surface area (Å²) in [5, 5.41) is 17.7. The Balaban J connectivity index is 1.97. The number of nitrogens with two attached hydrogens (primary N) is 1. The number of benzene rings is 1. The molecule has 2 rings (SSSR count). The van der Waals surface area contributed by atoms with Crippen molar-refractivity contribution in [3.05, 3.63) is 51.8 Å². The lowest BCUT2D eigenvalue weighted by atomic mass is 10.1. The van der Waals surface area contributed by atoms with Crippen LogP contribution < -0.4 is 11.1 Å². The quantitative estimate of drug-likeness (QED) is 0.481. The molecule has 0 unspecified atom stereocenters. The first kappa shape index (κ1) is 14.5. The van der Waals surface area contributed by atoms with Crippen molar-refractivity contribution in [2.24, 2.45) is 7.05 Å². The Morgan fingerprint density at radius 3 is 2.86 bits per heavy atom. The molecule has 1 heterocycles. The highest BCUT2D eigenvalue weighted by Crippen LogP contribution is 2.22. The summed E-state index contributed by atoms with van der Waals surface area (Å²) in [6, 6.07) is 5.84. The van der Waals surface area contributed by atoms with Crippen LogP contribution in [0.25, 0.3) is 0 Å². The van der Waals surface area contributed by atoms with Crippen molar-refractivity contribution in [2.45, 2.75) is 6.42 Å². The summed E-state index contributed by atoms with van der Waals surface area (Å²) < 4.78 is 1.68. The average molecular weight is 289 g/mol. The van der Waals surface area contributed by atoms with Gasteiger partial charge in [0.1, 0.15) is 5.69 Å². The van der Waals surface area contributed by atoms with E-state index in [9.17, 15) is 14.9 Å².